The lowest BCUT2D eigenvalue weighted by molar-refractivity contribution is -0.133. The molecule has 2 atom stereocenters. The summed E-state index contributed by atoms with van der Waals surface area (Å²) in [6, 6.07) is 17.7. The number of hydrogen-bond acceptors (Lipinski definition) is 3. The first-order valence-electron chi connectivity index (χ1n) is 14.1. The van der Waals surface area contributed by atoms with Crippen LogP contribution in [0.25, 0.3) is 0 Å². The van der Waals surface area contributed by atoms with Gasteiger partial charge in [-0.3, -0.25) is 4.79 Å². The van der Waals surface area contributed by atoms with Crippen molar-refractivity contribution in [3.63, 3.8) is 0 Å². The van der Waals surface area contributed by atoms with Gasteiger partial charge in [0.2, 0.25) is 5.91 Å². The highest BCUT2D eigenvalue weighted by atomic mass is 16.2. The van der Waals surface area contributed by atoms with Gasteiger partial charge in [0.25, 0.3) is 0 Å². The van der Waals surface area contributed by atoms with Gasteiger partial charge in [0, 0.05) is 50.4 Å². The van der Waals surface area contributed by atoms with Crippen LogP contribution in [0.3, 0.4) is 0 Å². The summed E-state index contributed by atoms with van der Waals surface area (Å²) >= 11 is 0. The molecule has 38 heavy (non-hydrogen) atoms. The van der Waals surface area contributed by atoms with Crippen molar-refractivity contribution in [3.05, 3.63) is 65.7 Å². The van der Waals surface area contributed by atoms with Crippen LogP contribution in [0.5, 0.6) is 0 Å². The molecule has 0 unspecified atom stereocenters. The number of hydrogen-bond donors (Lipinski definition) is 2. The van der Waals surface area contributed by atoms with Crippen LogP contribution in [-0.4, -0.2) is 70.9 Å². The molecule has 3 fully saturated rings. The lowest BCUT2D eigenvalue weighted by atomic mass is 9.93. The second kappa shape index (κ2) is 10.7. The SMILES string of the molecule is O=C(N[C@@H]1CC[C@H](c2ccccc2)CN(CC2CC2)C1=O)N1CCC(N2Cc3ccccc3NC2=O)CC1. The fourth-order valence-electron chi connectivity index (χ4n) is 6.21. The lowest BCUT2D eigenvalue weighted by Crippen LogP contribution is -2.55. The van der Waals surface area contributed by atoms with Gasteiger partial charge < -0.3 is 25.3 Å². The van der Waals surface area contributed by atoms with Gasteiger partial charge in [-0.2, -0.15) is 0 Å². The first-order chi connectivity index (χ1) is 18.5. The molecule has 8 heteroatoms. The predicted octanol–water partition coefficient (Wildman–Crippen LogP) is 4.39. The third-order valence-corrected chi connectivity index (χ3v) is 8.65. The molecule has 0 radical (unpaired) electrons. The topological polar surface area (TPSA) is 85.0 Å². The number of fused-ring (bicyclic) bond motifs is 1. The van der Waals surface area contributed by atoms with Crippen molar-refractivity contribution < 1.29 is 14.4 Å². The molecule has 1 aliphatic carbocycles. The van der Waals surface area contributed by atoms with Crippen molar-refractivity contribution in [2.45, 2.75) is 63.1 Å². The minimum Gasteiger partial charge on any atom is -0.340 e. The molecule has 5 amide bonds. The van der Waals surface area contributed by atoms with Crippen molar-refractivity contribution >= 4 is 23.7 Å². The summed E-state index contributed by atoms with van der Waals surface area (Å²) in [4.78, 5) is 45.3. The number of amides is 5. The van der Waals surface area contributed by atoms with E-state index in [1.54, 1.807) is 0 Å². The van der Waals surface area contributed by atoms with Crippen LogP contribution in [-0.2, 0) is 11.3 Å². The number of para-hydroxylation sites is 1. The summed E-state index contributed by atoms with van der Waals surface area (Å²) in [5, 5.41) is 6.09. The molecule has 6 rings (SSSR count). The zero-order valence-electron chi connectivity index (χ0n) is 21.9. The molecule has 4 aliphatic rings. The van der Waals surface area contributed by atoms with Crippen LogP contribution in [0.2, 0.25) is 0 Å². The Balaban J connectivity index is 1.06. The van der Waals surface area contributed by atoms with E-state index in [9.17, 15) is 14.4 Å². The highest BCUT2D eigenvalue weighted by molar-refractivity contribution is 5.92. The third-order valence-electron chi connectivity index (χ3n) is 8.65. The Kier molecular flexibility index (Phi) is 6.96. The number of carbonyl (C=O) groups excluding carboxylic acids is 3. The number of carbonyl (C=O) groups is 3. The minimum atomic E-state index is -0.489. The number of anilines is 1. The Morgan fingerprint density at radius 3 is 2.39 bits per heavy atom. The van der Waals surface area contributed by atoms with Crippen LogP contribution < -0.4 is 10.6 Å². The normalized spacial score (nSPS) is 24.5. The maximum atomic E-state index is 13.5. The number of nitrogens with one attached hydrogen (secondary N) is 2. The van der Waals surface area contributed by atoms with Crippen LogP contribution >= 0.6 is 0 Å². The molecule has 0 bridgehead atoms. The zero-order valence-corrected chi connectivity index (χ0v) is 21.9. The van der Waals surface area contributed by atoms with Crippen LogP contribution in [0.15, 0.2) is 54.6 Å². The summed E-state index contributed by atoms with van der Waals surface area (Å²) in [5.41, 5.74) is 3.26. The monoisotopic (exact) mass is 515 g/mol. The van der Waals surface area contributed by atoms with Crippen LogP contribution in [0.4, 0.5) is 15.3 Å². The Morgan fingerprint density at radius 2 is 1.63 bits per heavy atom. The molecule has 3 heterocycles. The quantitative estimate of drug-likeness (QED) is 0.619. The minimum absolute atomic E-state index is 0.0576. The van der Waals surface area contributed by atoms with Crippen molar-refractivity contribution in [1.82, 2.24) is 20.0 Å². The number of likely N-dealkylation sites (tertiary alicyclic amines) is 2. The fourth-order valence-corrected chi connectivity index (χ4v) is 6.21. The standard InChI is InChI=1S/C30H37N5O3/c36-28-27(13-12-23(22-6-2-1-3-7-22)19-34(28)18-21-10-11-21)32-29(37)33-16-14-25(15-17-33)35-20-24-8-4-5-9-26(24)31-30(35)38/h1-9,21,23,25,27H,10-20H2,(H,31,38)(H,32,37)/t23-,27+/m0/s1. The molecule has 2 saturated heterocycles. The van der Waals surface area contributed by atoms with Gasteiger partial charge in [0.05, 0.1) is 0 Å². The average molecular weight is 516 g/mol. The Labute approximate surface area is 224 Å². The average Bonchev–Trinajstić information content (AvgIpc) is 3.79. The maximum absolute atomic E-state index is 13.5. The van der Waals surface area contributed by atoms with Gasteiger partial charge in [-0.1, -0.05) is 48.5 Å². The van der Waals surface area contributed by atoms with Gasteiger partial charge in [-0.25, -0.2) is 9.59 Å². The molecule has 2 N–H and O–H groups in total. The molecule has 2 aromatic rings. The smallest absolute Gasteiger partial charge is 0.322 e. The third kappa shape index (κ3) is 5.35. The molecule has 8 nitrogen and oxygen atoms in total. The Bertz CT molecular complexity index is 1180. The number of rotatable bonds is 5. The summed E-state index contributed by atoms with van der Waals surface area (Å²) in [7, 11) is 0. The van der Waals surface area contributed by atoms with Gasteiger partial charge >= 0.3 is 12.1 Å². The Hall–Kier alpha value is -3.55. The molecule has 200 valence electrons. The van der Waals surface area contributed by atoms with Gasteiger partial charge in [-0.15, -0.1) is 0 Å². The van der Waals surface area contributed by atoms with E-state index in [1.165, 1.54) is 18.4 Å². The summed E-state index contributed by atoms with van der Waals surface area (Å²) < 4.78 is 0. The number of urea groups is 2. The van der Waals surface area contributed by atoms with E-state index in [0.29, 0.717) is 32.0 Å². The largest absolute Gasteiger partial charge is 0.340 e. The number of nitrogens with zero attached hydrogens (tertiary/aromatic N) is 3. The van der Waals surface area contributed by atoms with E-state index >= 15 is 0 Å². The highest BCUT2D eigenvalue weighted by Crippen LogP contribution is 2.34. The second-order valence-electron chi connectivity index (χ2n) is 11.3. The molecule has 3 aliphatic heterocycles. The maximum Gasteiger partial charge on any atom is 0.322 e. The van der Waals surface area contributed by atoms with E-state index in [1.807, 2.05) is 45.0 Å². The van der Waals surface area contributed by atoms with Crippen LogP contribution in [0.1, 0.15) is 55.6 Å². The highest BCUT2D eigenvalue weighted by Gasteiger charge is 2.37. The van der Waals surface area contributed by atoms with E-state index < -0.39 is 6.04 Å². The van der Waals surface area contributed by atoms with Gasteiger partial charge in [-0.05, 0) is 61.6 Å². The number of benzene rings is 2. The molecule has 1 saturated carbocycles. The Morgan fingerprint density at radius 1 is 0.895 bits per heavy atom. The van der Waals surface area contributed by atoms with Crippen molar-refractivity contribution in [3.8, 4) is 0 Å². The molecular formula is C30H37N5O3. The molecular weight excluding hydrogens is 478 g/mol. The summed E-state index contributed by atoms with van der Waals surface area (Å²) in [6.45, 7) is 3.25. The molecule has 0 spiro atoms. The first-order valence-corrected chi connectivity index (χ1v) is 14.1. The van der Waals surface area contributed by atoms with E-state index in [0.717, 1.165) is 43.6 Å². The summed E-state index contributed by atoms with van der Waals surface area (Å²) in [6.07, 6.45) is 5.35. The lowest BCUT2D eigenvalue weighted by Gasteiger charge is -2.40. The second-order valence-corrected chi connectivity index (χ2v) is 11.3. The van der Waals surface area contributed by atoms with Crippen molar-refractivity contribution in [2.75, 3.05) is 31.5 Å². The predicted molar refractivity (Wildman–Crippen MR) is 146 cm³/mol. The van der Waals surface area contributed by atoms with E-state index in [2.05, 4.69) is 34.9 Å². The summed E-state index contributed by atoms with van der Waals surface area (Å²) in [5.74, 6) is 0.947. The van der Waals surface area contributed by atoms with Gasteiger partial charge in [0.1, 0.15) is 6.04 Å². The number of piperidine rings is 1. The van der Waals surface area contributed by atoms with Crippen molar-refractivity contribution in [2.24, 2.45) is 5.92 Å². The van der Waals surface area contributed by atoms with E-state index in [4.69, 9.17) is 0 Å². The van der Waals surface area contributed by atoms with E-state index in [-0.39, 0.29) is 29.9 Å². The first kappa shape index (κ1) is 24.8. The van der Waals surface area contributed by atoms with Crippen molar-refractivity contribution in [1.29, 1.82) is 0 Å². The van der Waals surface area contributed by atoms with Crippen LogP contribution in [0, 0.1) is 5.92 Å². The van der Waals surface area contributed by atoms with Gasteiger partial charge in [0.15, 0.2) is 0 Å². The zero-order chi connectivity index (χ0) is 26.1. The molecule has 2 aromatic carbocycles. The fraction of sp³-hybridized carbons (Fsp3) is 0.500. The molecule has 0 aromatic heterocycles.